The number of aromatic nitrogens is 1. The molecule has 0 bridgehead atoms. The van der Waals surface area contributed by atoms with E-state index in [2.05, 4.69) is 9.72 Å². The van der Waals surface area contributed by atoms with Crippen LogP contribution in [0.15, 0.2) is 42.6 Å². The predicted octanol–water partition coefficient (Wildman–Crippen LogP) is 3.59. The molecule has 0 N–H and O–H groups in total. The molecule has 0 aliphatic rings. The van der Waals surface area contributed by atoms with Crippen LogP contribution in [0.2, 0.25) is 10.0 Å². The second-order valence-electron chi connectivity index (χ2n) is 5.00. The Balaban J connectivity index is 2.20. The zero-order valence-electron chi connectivity index (χ0n) is 13.0. The summed E-state index contributed by atoms with van der Waals surface area (Å²) in [6.07, 6.45) is 1.74. The lowest BCUT2D eigenvalue weighted by molar-refractivity contribution is -0.140. The molecule has 0 saturated carbocycles. The van der Waals surface area contributed by atoms with E-state index >= 15 is 0 Å². The third-order valence-electron chi connectivity index (χ3n) is 3.35. The van der Waals surface area contributed by atoms with E-state index in [1.54, 1.807) is 24.4 Å². The van der Waals surface area contributed by atoms with Gasteiger partial charge in [0.2, 0.25) is 0 Å². The van der Waals surface area contributed by atoms with Crippen molar-refractivity contribution in [2.24, 2.45) is 0 Å². The quantitative estimate of drug-likeness (QED) is 0.732. The topological polar surface area (TPSA) is 59.5 Å². The number of esters is 1. The van der Waals surface area contributed by atoms with Crippen LogP contribution in [-0.4, -0.2) is 35.4 Å². The molecule has 0 saturated heterocycles. The number of hydrogen-bond donors (Lipinski definition) is 0. The van der Waals surface area contributed by atoms with E-state index in [0.717, 1.165) is 5.69 Å². The molecule has 2 aromatic rings. The molecule has 0 fully saturated rings. The Morgan fingerprint density at radius 3 is 2.58 bits per heavy atom. The van der Waals surface area contributed by atoms with E-state index in [9.17, 15) is 9.59 Å². The Morgan fingerprint density at radius 1 is 1.17 bits per heavy atom. The maximum absolute atomic E-state index is 12.8. The van der Waals surface area contributed by atoms with Gasteiger partial charge in [0.15, 0.2) is 0 Å². The number of hydrogen-bond acceptors (Lipinski definition) is 4. The number of ether oxygens (including phenoxy) is 1. The molecule has 126 valence electrons. The third kappa shape index (κ3) is 4.94. The summed E-state index contributed by atoms with van der Waals surface area (Å²) < 4.78 is 4.64. The number of carbonyl (C=O) groups excluding carboxylic acids is 2. The van der Waals surface area contributed by atoms with Gasteiger partial charge >= 0.3 is 5.97 Å². The van der Waals surface area contributed by atoms with Crippen LogP contribution < -0.4 is 0 Å². The van der Waals surface area contributed by atoms with Gasteiger partial charge in [0.1, 0.15) is 0 Å². The molecule has 1 amide bonds. The van der Waals surface area contributed by atoms with E-state index < -0.39 is 0 Å². The standard InChI is InChI=1S/C17H16Cl2N2O3/c1-24-16(22)7-9-21(11-13-4-2-3-8-20-13)17(23)12-5-6-14(18)15(19)10-12/h2-6,8,10H,7,9,11H2,1H3. The van der Waals surface area contributed by atoms with Crippen molar-refractivity contribution in [2.45, 2.75) is 13.0 Å². The minimum absolute atomic E-state index is 0.0936. The van der Waals surface area contributed by atoms with Gasteiger partial charge in [-0.1, -0.05) is 29.3 Å². The highest BCUT2D eigenvalue weighted by atomic mass is 35.5. The van der Waals surface area contributed by atoms with Gasteiger partial charge < -0.3 is 9.64 Å². The molecule has 7 heteroatoms. The van der Waals surface area contributed by atoms with Crippen molar-refractivity contribution in [1.29, 1.82) is 0 Å². The van der Waals surface area contributed by atoms with Gasteiger partial charge in [-0.05, 0) is 30.3 Å². The second-order valence-corrected chi connectivity index (χ2v) is 5.82. The van der Waals surface area contributed by atoms with Crippen molar-refractivity contribution in [3.63, 3.8) is 0 Å². The van der Waals surface area contributed by atoms with E-state index in [4.69, 9.17) is 23.2 Å². The normalized spacial score (nSPS) is 10.3. The first-order valence-corrected chi connectivity index (χ1v) is 7.98. The number of nitrogens with zero attached hydrogens (tertiary/aromatic N) is 2. The summed E-state index contributed by atoms with van der Waals surface area (Å²) in [6.45, 7) is 0.485. The number of amides is 1. The molecule has 2 rings (SSSR count). The van der Waals surface area contributed by atoms with Gasteiger partial charge in [-0.3, -0.25) is 14.6 Å². The van der Waals surface area contributed by atoms with E-state index in [1.165, 1.54) is 18.1 Å². The number of pyridine rings is 1. The first kappa shape index (κ1) is 18.2. The van der Waals surface area contributed by atoms with Gasteiger partial charge in [0.05, 0.1) is 35.8 Å². The average Bonchev–Trinajstić information content (AvgIpc) is 2.60. The molecular formula is C17H16Cl2N2O3. The molecule has 1 heterocycles. The number of carbonyl (C=O) groups is 2. The average molecular weight is 367 g/mol. The van der Waals surface area contributed by atoms with Crippen LogP contribution >= 0.6 is 23.2 Å². The lowest BCUT2D eigenvalue weighted by Gasteiger charge is -2.22. The van der Waals surface area contributed by atoms with Gasteiger partial charge in [-0.25, -0.2) is 0 Å². The highest BCUT2D eigenvalue weighted by molar-refractivity contribution is 6.42. The van der Waals surface area contributed by atoms with Crippen LogP contribution in [0, 0.1) is 0 Å². The monoisotopic (exact) mass is 366 g/mol. The fourth-order valence-corrected chi connectivity index (χ4v) is 2.38. The van der Waals surface area contributed by atoms with Crippen molar-refractivity contribution in [3.8, 4) is 0 Å². The molecule has 1 aromatic heterocycles. The molecule has 0 radical (unpaired) electrons. The maximum Gasteiger partial charge on any atom is 0.307 e. The van der Waals surface area contributed by atoms with Crippen molar-refractivity contribution < 1.29 is 14.3 Å². The number of benzene rings is 1. The molecule has 0 unspecified atom stereocenters. The summed E-state index contributed by atoms with van der Waals surface area (Å²) in [4.78, 5) is 29.9. The van der Waals surface area contributed by atoms with Crippen LogP contribution in [0.3, 0.4) is 0 Å². The van der Waals surface area contributed by atoms with Gasteiger partial charge in [0, 0.05) is 18.3 Å². The van der Waals surface area contributed by atoms with Crippen LogP contribution in [-0.2, 0) is 16.1 Å². The lowest BCUT2D eigenvalue weighted by atomic mass is 10.2. The summed E-state index contributed by atoms with van der Waals surface area (Å²) in [5.41, 5.74) is 1.11. The molecule has 24 heavy (non-hydrogen) atoms. The van der Waals surface area contributed by atoms with Gasteiger partial charge in [-0.15, -0.1) is 0 Å². The Kier molecular flexibility index (Phi) is 6.58. The molecule has 0 spiro atoms. The van der Waals surface area contributed by atoms with Crippen molar-refractivity contribution in [2.75, 3.05) is 13.7 Å². The zero-order chi connectivity index (χ0) is 17.5. The van der Waals surface area contributed by atoms with E-state index in [-0.39, 0.29) is 31.4 Å². The molecule has 0 aliphatic heterocycles. The smallest absolute Gasteiger partial charge is 0.307 e. The fraction of sp³-hybridized carbons (Fsp3) is 0.235. The zero-order valence-corrected chi connectivity index (χ0v) is 14.5. The Bertz CT molecular complexity index is 723. The predicted molar refractivity (Wildman–Crippen MR) is 92.1 cm³/mol. The Morgan fingerprint density at radius 2 is 1.96 bits per heavy atom. The number of methoxy groups -OCH3 is 1. The summed E-state index contributed by atoms with van der Waals surface area (Å²) in [7, 11) is 1.31. The Hall–Kier alpha value is -2.11. The van der Waals surface area contributed by atoms with Crippen LogP contribution in [0.4, 0.5) is 0 Å². The fourth-order valence-electron chi connectivity index (χ4n) is 2.08. The number of halogens is 2. The molecular weight excluding hydrogens is 351 g/mol. The summed E-state index contributed by atoms with van der Waals surface area (Å²) >= 11 is 11.9. The highest BCUT2D eigenvalue weighted by Gasteiger charge is 2.19. The minimum Gasteiger partial charge on any atom is -0.469 e. The van der Waals surface area contributed by atoms with Crippen LogP contribution in [0.5, 0.6) is 0 Å². The first-order valence-electron chi connectivity index (χ1n) is 7.22. The molecule has 0 atom stereocenters. The second kappa shape index (κ2) is 8.66. The van der Waals surface area contributed by atoms with E-state index in [1.807, 2.05) is 12.1 Å². The van der Waals surface area contributed by atoms with Crippen LogP contribution in [0.1, 0.15) is 22.5 Å². The number of rotatable bonds is 6. The minimum atomic E-state index is -0.386. The first-order chi connectivity index (χ1) is 11.5. The van der Waals surface area contributed by atoms with Gasteiger partial charge in [-0.2, -0.15) is 0 Å². The molecule has 1 aromatic carbocycles. The van der Waals surface area contributed by atoms with Crippen molar-refractivity contribution in [1.82, 2.24) is 9.88 Å². The van der Waals surface area contributed by atoms with Crippen molar-refractivity contribution >= 4 is 35.1 Å². The Labute approximate surface area is 150 Å². The summed E-state index contributed by atoms with van der Waals surface area (Å²) in [5, 5.41) is 0.673. The largest absolute Gasteiger partial charge is 0.469 e. The maximum atomic E-state index is 12.8. The summed E-state index contributed by atoms with van der Waals surface area (Å²) in [6, 6.07) is 10.1. The lowest BCUT2D eigenvalue weighted by Crippen LogP contribution is -2.33. The third-order valence-corrected chi connectivity index (χ3v) is 4.09. The van der Waals surface area contributed by atoms with Crippen molar-refractivity contribution in [3.05, 3.63) is 63.9 Å². The van der Waals surface area contributed by atoms with Gasteiger partial charge in [0.25, 0.3) is 5.91 Å². The van der Waals surface area contributed by atoms with E-state index in [0.29, 0.717) is 15.6 Å². The SMILES string of the molecule is COC(=O)CCN(Cc1ccccn1)C(=O)c1ccc(Cl)c(Cl)c1. The van der Waals surface area contributed by atoms with Crippen LogP contribution in [0.25, 0.3) is 0 Å². The molecule has 0 aliphatic carbocycles. The summed E-state index contributed by atoms with van der Waals surface area (Å²) in [5.74, 6) is -0.647. The highest BCUT2D eigenvalue weighted by Crippen LogP contribution is 2.23. The molecule has 5 nitrogen and oxygen atoms in total.